The highest BCUT2D eigenvalue weighted by Gasteiger charge is 2.24. The third-order valence-corrected chi connectivity index (χ3v) is 7.60. The molecule has 0 aliphatic heterocycles. The van der Waals surface area contributed by atoms with E-state index in [-0.39, 0.29) is 17.9 Å². The molecule has 0 aromatic heterocycles. The van der Waals surface area contributed by atoms with Crippen LogP contribution in [-0.2, 0) is 24.3 Å². The number of anilines is 1. The first-order chi connectivity index (χ1) is 15.4. The monoisotopic (exact) mass is 476 g/mol. The van der Waals surface area contributed by atoms with Crippen LogP contribution in [0, 0.1) is 34.6 Å². The summed E-state index contributed by atoms with van der Waals surface area (Å²) in [5.41, 5.74) is 4.74. The summed E-state index contributed by atoms with van der Waals surface area (Å²) in [6.45, 7) is 10.6. The molecular formula is C24H32N2O6S. The Morgan fingerprint density at radius 2 is 1.48 bits per heavy atom. The van der Waals surface area contributed by atoms with Crippen LogP contribution in [0.3, 0.4) is 0 Å². The minimum absolute atomic E-state index is 0.146. The second-order valence-electron chi connectivity index (χ2n) is 7.92. The summed E-state index contributed by atoms with van der Waals surface area (Å²) in [6.07, 6.45) is -1.28. The molecule has 1 atom stereocenters. The number of esters is 1. The van der Waals surface area contributed by atoms with Crippen molar-refractivity contribution < 1.29 is 27.5 Å². The summed E-state index contributed by atoms with van der Waals surface area (Å²) in [4.78, 5) is 24.8. The molecule has 1 amide bonds. The average molecular weight is 477 g/mol. The third-order valence-electron chi connectivity index (χ3n) is 5.86. The van der Waals surface area contributed by atoms with Crippen molar-refractivity contribution in [3.63, 3.8) is 0 Å². The van der Waals surface area contributed by atoms with Gasteiger partial charge in [-0.2, -0.15) is 0 Å². The van der Waals surface area contributed by atoms with E-state index in [0.717, 1.165) is 16.7 Å². The van der Waals surface area contributed by atoms with Crippen LogP contribution in [-0.4, -0.2) is 40.1 Å². The van der Waals surface area contributed by atoms with Gasteiger partial charge in [0.1, 0.15) is 5.75 Å². The summed E-state index contributed by atoms with van der Waals surface area (Å²) < 4.78 is 38.7. The molecule has 0 heterocycles. The van der Waals surface area contributed by atoms with Crippen molar-refractivity contribution in [1.29, 1.82) is 0 Å². The number of hydrogen-bond donors (Lipinski definition) is 2. The lowest BCUT2D eigenvalue weighted by Gasteiger charge is -2.19. The van der Waals surface area contributed by atoms with E-state index in [2.05, 4.69) is 10.0 Å². The standard InChI is InChI=1S/C24H32N2O6S/c1-14-15(2)17(4)23(18(5)16(14)3)33(29,30)25-13-12-22(27)32-19(6)24(28)26-20-10-8-9-11-21(20)31-7/h8-11,19,25H,12-13H2,1-7H3,(H,26,28). The van der Waals surface area contributed by atoms with Gasteiger partial charge in [0.25, 0.3) is 5.91 Å². The Morgan fingerprint density at radius 1 is 0.939 bits per heavy atom. The summed E-state index contributed by atoms with van der Waals surface area (Å²) >= 11 is 0. The molecule has 8 nitrogen and oxygen atoms in total. The SMILES string of the molecule is COc1ccccc1NC(=O)C(C)OC(=O)CCNS(=O)(=O)c1c(C)c(C)c(C)c(C)c1C. The van der Waals surface area contributed by atoms with Crippen LogP contribution in [0.25, 0.3) is 0 Å². The number of methoxy groups -OCH3 is 1. The van der Waals surface area contributed by atoms with Gasteiger partial charge < -0.3 is 14.8 Å². The molecule has 9 heteroatoms. The van der Waals surface area contributed by atoms with Crippen LogP contribution in [0.2, 0.25) is 0 Å². The number of hydrogen-bond acceptors (Lipinski definition) is 6. The van der Waals surface area contributed by atoms with E-state index in [1.54, 1.807) is 38.1 Å². The molecule has 0 bridgehead atoms. The fourth-order valence-electron chi connectivity index (χ4n) is 3.52. The number of carbonyl (C=O) groups excluding carboxylic acids is 2. The summed E-state index contributed by atoms with van der Waals surface area (Å²) in [7, 11) is -2.34. The molecule has 2 aromatic rings. The van der Waals surface area contributed by atoms with Crippen molar-refractivity contribution in [3.8, 4) is 5.75 Å². The van der Waals surface area contributed by atoms with Crippen molar-refractivity contribution in [2.24, 2.45) is 0 Å². The Hall–Kier alpha value is -2.91. The van der Waals surface area contributed by atoms with Gasteiger partial charge in [0.15, 0.2) is 6.10 Å². The minimum atomic E-state index is -3.82. The Morgan fingerprint density at radius 3 is 2.06 bits per heavy atom. The Balaban J connectivity index is 1.97. The molecule has 0 fully saturated rings. The zero-order valence-electron chi connectivity index (χ0n) is 20.2. The molecule has 0 saturated heterocycles. The molecule has 1 unspecified atom stereocenters. The van der Waals surface area contributed by atoms with Crippen molar-refractivity contribution in [1.82, 2.24) is 4.72 Å². The Labute approximate surface area is 195 Å². The molecule has 0 saturated carbocycles. The van der Waals surface area contributed by atoms with Gasteiger partial charge in [-0.1, -0.05) is 12.1 Å². The van der Waals surface area contributed by atoms with Crippen molar-refractivity contribution in [2.45, 2.75) is 59.0 Å². The van der Waals surface area contributed by atoms with Crippen LogP contribution in [0.4, 0.5) is 5.69 Å². The number of carbonyl (C=O) groups is 2. The number of ether oxygens (including phenoxy) is 2. The van der Waals surface area contributed by atoms with Crippen LogP contribution in [0.5, 0.6) is 5.75 Å². The van der Waals surface area contributed by atoms with E-state index in [1.165, 1.54) is 14.0 Å². The van der Waals surface area contributed by atoms with E-state index < -0.39 is 28.0 Å². The van der Waals surface area contributed by atoms with Crippen LogP contribution in [0.15, 0.2) is 29.2 Å². The van der Waals surface area contributed by atoms with E-state index in [0.29, 0.717) is 22.6 Å². The van der Waals surface area contributed by atoms with Gasteiger partial charge in [-0.05, 0) is 81.5 Å². The smallest absolute Gasteiger partial charge is 0.307 e. The maximum absolute atomic E-state index is 12.9. The molecule has 0 aliphatic rings. The van der Waals surface area contributed by atoms with Gasteiger partial charge in [0.05, 0.1) is 24.1 Å². The van der Waals surface area contributed by atoms with Crippen molar-refractivity contribution in [3.05, 3.63) is 52.1 Å². The van der Waals surface area contributed by atoms with Gasteiger partial charge in [0.2, 0.25) is 10.0 Å². The minimum Gasteiger partial charge on any atom is -0.495 e. The van der Waals surface area contributed by atoms with Gasteiger partial charge in [0, 0.05) is 6.54 Å². The van der Waals surface area contributed by atoms with Gasteiger partial charge in [-0.3, -0.25) is 9.59 Å². The highest BCUT2D eigenvalue weighted by atomic mass is 32.2. The lowest BCUT2D eigenvalue weighted by molar-refractivity contribution is -0.152. The second kappa shape index (κ2) is 10.8. The number of benzene rings is 2. The van der Waals surface area contributed by atoms with E-state index in [4.69, 9.17) is 9.47 Å². The second-order valence-corrected chi connectivity index (χ2v) is 9.63. The Bertz CT molecular complexity index is 1130. The number of amides is 1. The lowest BCUT2D eigenvalue weighted by Crippen LogP contribution is -2.32. The number of nitrogens with one attached hydrogen (secondary N) is 2. The first-order valence-corrected chi connectivity index (χ1v) is 12.1. The topological polar surface area (TPSA) is 111 Å². The molecule has 2 aromatic carbocycles. The van der Waals surface area contributed by atoms with Crippen molar-refractivity contribution in [2.75, 3.05) is 19.0 Å². The van der Waals surface area contributed by atoms with Crippen LogP contribution < -0.4 is 14.8 Å². The zero-order valence-corrected chi connectivity index (χ0v) is 21.0. The average Bonchev–Trinajstić information content (AvgIpc) is 2.76. The maximum atomic E-state index is 12.9. The van der Waals surface area contributed by atoms with Gasteiger partial charge in [-0.15, -0.1) is 0 Å². The van der Waals surface area contributed by atoms with E-state index in [9.17, 15) is 18.0 Å². The van der Waals surface area contributed by atoms with Crippen LogP contribution >= 0.6 is 0 Å². The normalized spacial score (nSPS) is 12.2. The lowest BCUT2D eigenvalue weighted by atomic mass is 9.95. The number of para-hydroxylation sites is 2. The quantitative estimate of drug-likeness (QED) is 0.536. The molecular weight excluding hydrogens is 444 g/mol. The third kappa shape index (κ3) is 6.11. The molecule has 180 valence electrons. The summed E-state index contributed by atoms with van der Waals surface area (Å²) in [6, 6.07) is 6.86. The number of sulfonamides is 1. The molecule has 0 radical (unpaired) electrons. The highest BCUT2D eigenvalue weighted by molar-refractivity contribution is 7.89. The van der Waals surface area contributed by atoms with Crippen molar-refractivity contribution >= 4 is 27.6 Å². The molecule has 2 rings (SSSR count). The van der Waals surface area contributed by atoms with Crippen LogP contribution in [0.1, 0.15) is 41.2 Å². The first-order valence-electron chi connectivity index (χ1n) is 10.6. The fraction of sp³-hybridized carbons (Fsp3) is 0.417. The molecule has 0 aliphatic carbocycles. The number of rotatable bonds is 9. The largest absolute Gasteiger partial charge is 0.495 e. The first kappa shape index (κ1) is 26.3. The molecule has 33 heavy (non-hydrogen) atoms. The summed E-state index contributed by atoms with van der Waals surface area (Å²) in [5, 5.41) is 2.64. The predicted molar refractivity (Wildman–Crippen MR) is 127 cm³/mol. The molecule has 0 spiro atoms. The zero-order chi connectivity index (χ0) is 24.9. The Kier molecular flexibility index (Phi) is 8.63. The predicted octanol–water partition coefficient (Wildman–Crippen LogP) is 3.48. The van der Waals surface area contributed by atoms with Gasteiger partial charge in [-0.25, -0.2) is 13.1 Å². The summed E-state index contributed by atoms with van der Waals surface area (Å²) in [5.74, 6) is -0.735. The van der Waals surface area contributed by atoms with Gasteiger partial charge >= 0.3 is 5.97 Å². The van der Waals surface area contributed by atoms with E-state index >= 15 is 0 Å². The maximum Gasteiger partial charge on any atom is 0.307 e. The fourth-order valence-corrected chi connectivity index (χ4v) is 5.15. The van der Waals surface area contributed by atoms with E-state index in [1.807, 2.05) is 20.8 Å². The molecule has 2 N–H and O–H groups in total. The highest BCUT2D eigenvalue weighted by Crippen LogP contribution is 2.29.